The number of aliphatic imine (C=N–C) groups is 1. The highest BCUT2D eigenvalue weighted by atomic mass is 127. The van der Waals surface area contributed by atoms with Crippen molar-refractivity contribution in [3.05, 3.63) is 24.2 Å². The molecular formula is C17H30IN3O2S. The van der Waals surface area contributed by atoms with E-state index >= 15 is 0 Å². The van der Waals surface area contributed by atoms with Gasteiger partial charge in [0, 0.05) is 36.8 Å². The number of nitrogens with one attached hydrogen (secondary N) is 2. The van der Waals surface area contributed by atoms with Crippen molar-refractivity contribution >= 4 is 41.7 Å². The summed E-state index contributed by atoms with van der Waals surface area (Å²) in [5, 5.41) is 6.86. The summed E-state index contributed by atoms with van der Waals surface area (Å²) in [5.74, 6) is 2.46. The van der Waals surface area contributed by atoms with Crippen LogP contribution in [0.2, 0.25) is 0 Å². The number of rotatable bonds is 8. The highest BCUT2D eigenvalue weighted by Gasteiger charge is 2.17. The zero-order chi connectivity index (χ0) is 16.5. The third-order valence-electron chi connectivity index (χ3n) is 4.00. The second kappa shape index (κ2) is 11.3. The molecule has 7 heteroatoms. The van der Waals surface area contributed by atoms with Crippen LogP contribution in [0.1, 0.15) is 26.0 Å². The molecule has 0 spiro atoms. The van der Waals surface area contributed by atoms with E-state index in [1.54, 1.807) is 6.26 Å². The van der Waals surface area contributed by atoms with E-state index in [-0.39, 0.29) is 28.7 Å². The largest absolute Gasteiger partial charge is 0.469 e. The lowest BCUT2D eigenvalue weighted by Gasteiger charge is -2.21. The Morgan fingerprint density at radius 1 is 1.42 bits per heavy atom. The lowest BCUT2D eigenvalue weighted by atomic mass is 10.1. The van der Waals surface area contributed by atoms with Gasteiger partial charge in [-0.05, 0) is 38.7 Å². The molecule has 0 bridgehead atoms. The predicted octanol–water partition coefficient (Wildman–Crippen LogP) is 3.15. The maximum atomic E-state index is 5.44. The zero-order valence-corrected chi connectivity index (χ0v) is 18.0. The number of nitrogens with zero attached hydrogens (tertiary/aromatic N) is 1. The first-order valence-electron chi connectivity index (χ1n) is 8.26. The van der Waals surface area contributed by atoms with Gasteiger partial charge in [0.25, 0.3) is 0 Å². The maximum absolute atomic E-state index is 5.44. The lowest BCUT2D eigenvalue weighted by molar-refractivity contribution is 0.186. The van der Waals surface area contributed by atoms with Crippen LogP contribution in [-0.4, -0.2) is 49.8 Å². The van der Waals surface area contributed by atoms with Gasteiger partial charge in [0.15, 0.2) is 5.96 Å². The van der Waals surface area contributed by atoms with Gasteiger partial charge in [-0.15, -0.1) is 24.0 Å². The van der Waals surface area contributed by atoms with Crippen LogP contribution in [0.15, 0.2) is 27.8 Å². The highest BCUT2D eigenvalue weighted by Crippen LogP contribution is 2.21. The van der Waals surface area contributed by atoms with Crippen molar-refractivity contribution in [1.29, 1.82) is 0 Å². The van der Waals surface area contributed by atoms with E-state index in [9.17, 15) is 0 Å². The molecule has 0 amide bonds. The van der Waals surface area contributed by atoms with Crippen molar-refractivity contribution in [1.82, 2.24) is 10.6 Å². The first kappa shape index (κ1) is 21.6. The van der Waals surface area contributed by atoms with Gasteiger partial charge in [-0.2, -0.15) is 11.8 Å². The van der Waals surface area contributed by atoms with Gasteiger partial charge in [0.1, 0.15) is 5.76 Å². The molecule has 2 heterocycles. The third-order valence-corrected chi connectivity index (χ3v) is 5.23. The first-order valence-corrected chi connectivity index (χ1v) is 9.49. The molecule has 138 valence electrons. The van der Waals surface area contributed by atoms with Crippen molar-refractivity contribution in [2.45, 2.75) is 31.4 Å². The average Bonchev–Trinajstić information content (AvgIpc) is 3.23. The molecule has 0 radical (unpaired) electrons. The molecule has 1 aliphatic heterocycles. The molecule has 2 N–H and O–H groups in total. The minimum atomic E-state index is 0. The van der Waals surface area contributed by atoms with Crippen LogP contribution in [0.5, 0.6) is 0 Å². The second-order valence-electron chi connectivity index (χ2n) is 6.50. The minimum Gasteiger partial charge on any atom is -0.469 e. The van der Waals surface area contributed by atoms with Crippen LogP contribution >= 0.6 is 35.7 Å². The van der Waals surface area contributed by atoms with E-state index in [2.05, 4.69) is 30.7 Å². The average molecular weight is 467 g/mol. The van der Waals surface area contributed by atoms with Gasteiger partial charge in [-0.1, -0.05) is 0 Å². The zero-order valence-electron chi connectivity index (χ0n) is 14.8. The van der Waals surface area contributed by atoms with Gasteiger partial charge in [-0.25, -0.2) is 0 Å². The molecule has 1 aromatic heterocycles. The van der Waals surface area contributed by atoms with Crippen LogP contribution in [0, 0.1) is 5.92 Å². The lowest BCUT2D eigenvalue weighted by Crippen LogP contribution is -2.41. The monoisotopic (exact) mass is 467 g/mol. The topological polar surface area (TPSA) is 58.8 Å². The van der Waals surface area contributed by atoms with E-state index in [1.807, 2.05) is 23.9 Å². The Hall–Kier alpha value is -0.410. The fourth-order valence-corrected chi connectivity index (χ4v) is 2.45. The molecular weight excluding hydrogens is 437 g/mol. The summed E-state index contributed by atoms with van der Waals surface area (Å²) in [5.41, 5.74) is 0. The predicted molar refractivity (Wildman–Crippen MR) is 113 cm³/mol. The molecule has 24 heavy (non-hydrogen) atoms. The SMILES string of the molecule is CSC(C)(C)CN=C(NCCc1ccco1)NCC1CCOC1.I. The van der Waals surface area contributed by atoms with Gasteiger partial charge in [-0.3, -0.25) is 4.99 Å². The Morgan fingerprint density at radius 3 is 2.88 bits per heavy atom. The van der Waals surface area contributed by atoms with Crippen molar-refractivity contribution in [2.75, 3.05) is 39.1 Å². The molecule has 1 fully saturated rings. The third kappa shape index (κ3) is 8.11. The minimum absolute atomic E-state index is 0. The number of halogens is 1. The number of hydrogen-bond acceptors (Lipinski definition) is 4. The Bertz CT molecular complexity index is 474. The smallest absolute Gasteiger partial charge is 0.191 e. The summed E-state index contributed by atoms with van der Waals surface area (Å²) in [4.78, 5) is 4.75. The van der Waals surface area contributed by atoms with Crippen LogP contribution in [0.4, 0.5) is 0 Å². The quantitative estimate of drug-likeness (QED) is 0.350. The van der Waals surface area contributed by atoms with Crippen molar-refractivity contribution in [3.8, 4) is 0 Å². The van der Waals surface area contributed by atoms with E-state index in [0.29, 0.717) is 5.92 Å². The second-order valence-corrected chi connectivity index (χ2v) is 8.01. The van der Waals surface area contributed by atoms with Crippen molar-refractivity contribution < 1.29 is 9.15 Å². The number of guanidine groups is 1. The van der Waals surface area contributed by atoms with Crippen LogP contribution in [0.25, 0.3) is 0 Å². The Kier molecular flexibility index (Phi) is 10.1. The molecule has 1 aliphatic rings. The fraction of sp³-hybridized carbons (Fsp3) is 0.706. The summed E-state index contributed by atoms with van der Waals surface area (Å²) in [6.45, 7) is 8.66. The van der Waals surface area contributed by atoms with E-state index < -0.39 is 0 Å². The van der Waals surface area contributed by atoms with E-state index in [4.69, 9.17) is 14.1 Å². The number of ether oxygens (including phenoxy) is 1. The van der Waals surface area contributed by atoms with Gasteiger partial charge >= 0.3 is 0 Å². The molecule has 0 saturated carbocycles. The number of thioether (sulfide) groups is 1. The molecule has 1 atom stereocenters. The molecule has 5 nitrogen and oxygen atoms in total. The summed E-state index contributed by atoms with van der Waals surface area (Å²) in [6, 6.07) is 3.92. The van der Waals surface area contributed by atoms with Crippen LogP contribution in [-0.2, 0) is 11.2 Å². The molecule has 0 aromatic carbocycles. The normalized spacial score (nSPS) is 18.3. The molecule has 1 unspecified atom stereocenters. The standard InChI is InChI=1S/C17H29N3O2S.HI/c1-17(2,23-3)13-20-16(19-11-14-7-10-21-12-14)18-8-6-15-5-4-9-22-15;/h4-5,9,14H,6-8,10-13H2,1-3H3,(H2,18,19,20);1H. The molecule has 1 aromatic rings. The first-order chi connectivity index (χ1) is 11.1. The summed E-state index contributed by atoms with van der Waals surface area (Å²) >= 11 is 1.84. The summed E-state index contributed by atoms with van der Waals surface area (Å²) in [7, 11) is 0. The summed E-state index contributed by atoms with van der Waals surface area (Å²) in [6.07, 6.45) is 5.82. The highest BCUT2D eigenvalue weighted by molar-refractivity contribution is 14.0. The van der Waals surface area contributed by atoms with Crippen LogP contribution in [0.3, 0.4) is 0 Å². The molecule has 0 aliphatic carbocycles. The van der Waals surface area contributed by atoms with Gasteiger partial charge < -0.3 is 19.8 Å². The Labute approximate surface area is 166 Å². The van der Waals surface area contributed by atoms with Crippen LogP contribution < -0.4 is 10.6 Å². The van der Waals surface area contributed by atoms with Gasteiger partial charge in [0.05, 0.1) is 19.4 Å². The Balaban J connectivity index is 0.00000288. The van der Waals surface area contributed by atoms with E-state index in [0.717, 1.165) is 57.4 Å². The number of hydrogen-bond donors (Lipinski definition) is 2. The Morgan fingerprint density at radius 2 is 2.25 bits per heavy atom. The number of furan rings is 1. The van der Waals surface area contributed by atoms with Gasteiger partial charge in [0.2, 0.25) is 0 Å². The maximum Gasteiger partial charge on any atom is 0.191 e. The van der Waals surface area contributed by atoms with Crippen molar-refractivity contribution in [2.24, 2.45) is 10.9 Å². The van der Waals surface area contributed by atoms with E-state index in [1.165, 1.54) is 0 Å². The molecule has 2 rings (SSSR count). The summed E-state index contributed by atoms with van der Waals surface area (Å²) < 4.78 is 10.9. The fourth-order valence-electron chi connectivity index (χ4n) is 2.25. The van der Waals surface area contributed by atoms with Crippen molar-refractivity contribution in [3.63, 3.8) is 0 Å². The molecule has 1 saturated heterocycles.